The molecule has 1 heterocycles. The van der Waals surface area contributed by atoms with Crippen molar-refractivity contribution in [2.75, 3.05) is 13.2 Å². The first kappa shape index (κ1) is 8.88. The molecule has 1 aliphatic heterocycles. The van der Waals surface area contributed by atoms with Gasteiger partial charge in [-0.05, 0) is 0 Å². The molecule has 0 saturated carbocycles. The third kappa shape index (κ3) is 3.46. The van der Waals surface area contributed by atoms with Gasteiger partial charge in [0, 0.05) is 19.4 Å². The number of carbonyl (C=O) groups excluding carboxylic acids is 1. The second kappa shape index (κ2) is 4.73. The molecule has 1 N–H and O–H groups in total. The van der Waals surface area contributed by atoms with Crippen LogP contribution in [0.5, 0.6) is 0 Å². The molecule has 0 bridgehead atoms. The van der Waals surface area contributed by atoms with Gasteiger partial charge in [-0.3, -0.25) is 4.79 Å². The Labute approximate surface area is 60.1 Å². The van der Waals surface area contributed by atoms with Crippen molar-refractivity contribution in [1.29, 1.82) is 0 Å². The molecule has 0 aliphatic carbocycles. The zero-order valence-electron chi connectivity index (χ0n) is 5.05. The Kier molecular flexibility index (Phi) is 4.67. The van der Waals surface area contributed by atoms with Crippen LogP contribution < -0.4 is 5.48 Å². The summed E-state index contributed by atoms with van der Waals surface area (Å²) in [6, 6.07) is 0. The molecular formula is C5H10ClNO2. The van der Waals surface area contributed by atoms with E-state index in [2.05, 4.69) is 5.48 Å². The highest BCUT2D eigenvalue weighted by atomic mass is 35.5. The van der Waals surface area contributed by atoms with E-state index in [1.165, 1.54) is 0 Å². The van der Waals surface area contributed by atoms with Crippen LogP contribution in [0.15, 0.2) is 0 Å². The molecule has 0 spiro atoms. The van der Waals surface area contributed by atoms with Crippen molar-refractivity contribution >= 4 is 18.2 Å². The molecule has 0 amide bonds. The molecule has 1 rings (SSSR count). The third-order valence-electron chi connectivity index (χ3n) is 1.09. The fourth-order valence-corrected chi connectivity index (χ4v) is 0.625. The van der Waals surface area contributed by atoms with Gasteiger partial charge in [-0.1, -0.05) is 0 Å². The first-order valence-electron chi connectivity index (χ1n) is 2.76. The minimum absolute atomic E-state index is 0. The zero-order chi connectivity index (χ0) is 5.82. The maximum Gasteiger partial charge on any atom is 0.136 e. The molecule has 0 unspecified atom stereocenters. The van der Waals surface area contributed by atoms with E-state index in [1.807, 2.05) is 0 Å². The van der Waals surface area contributed by atoms with Crippen molar-refractivity contribution in [2.45, 2.75) is 12.8 Å². The van der Waals surface area contributed by atoms with Crippen molar-refractivity contribution in [2.24, 2.45) is 0 Å². The number of nitrogens with one attached hydrogen (secondary N) is 1. The average Bonchev–Trinajstić information content (AvgIpc) is 1.94. The third-order valence-corrected chi connectivity index (χ3v) is 1.09. The summed E-state index contributed by atoms with van der Waals surface area (Å²) < 4.78 is 0. The first-order chi connectivity index (χ1) is 3.89. The highest BCUT2D eigenvalue weighted by molar-refractivity contribution is 5.85. The molecule has 4 heteroatoms. The van der Waals surface area contributed by atoms with Gasteiger partial charge in [0.2, 0.25) is 0 Å². The van der Waals surface area contributed by atoms with Crippen LogP contribution in [0.4, 0.5) is 0 Å². The van der Waals surface area contributed by atoms with Gasteiger partial charge in [0.15, 0.2) is 0 Å². The molecule has 1 aliphatic rings. The smallest absolute Gasteiger partial charge is 0.136 e. The van der Waals surface area contributed by atoms with E-state index >= 15 is 0 Å². The van der Waals surface area contributed by atoms with Crippen LogP contribution in [0.2, 0.25) is 0 Å². The number of carbonyl (C=O) groups is 1. The molecule has 0 aromatic heterocycles. The van der Waals surface area contributed by atoms with Crippen molar-refractivity contribution in [3.05, 3.63) is 0 Å². The number of hydroxylamine groups is 1. The second-order valence-corrected chi connectivity index (χ2v) is 1.78. The maximum absolute atomic E-state index is 10.6. The lowest BCUT2D eigenvalue weighted by Crippen LogP contribution is -2.12. The van der Waals surface area contributed by atoms with Gasteiger partial charge in [0.25, 0.3) is 0 Å². The highest BCUT2D eigenvalue weighted by Crippen LogP contribution is 1.92. The average molecular weight is 152 g/mol. The lowest BCUT2D eigenvalue weighted by molar-refractivity contribution is -0.118. The summed E-state index contributed by atoms with van der Waals surface area (Å²) >= 11 is 0. The molecule has 0 radical (unpaired) electrons. The molecule has 0 atom stereocenters. The second-order valence-electron chi connectivity index (χ2n) is 1.78. The molecule has 1 saturated heterocycles. The number of halogens is 1. The Hall–Kier alpha value is -0.120. The normalized spacial score (nSPS) is 20.2. The topological polar surface area (TPSA) is 38.3 Å². The van der Waals surface area contributed by atoms with Crippen molar-refractivity contribution < 1.29 is 9.63 Å². The predicted molar refractivity (Wildman–Crippen MR) is 35.4 cm³/mol. The van der Waals surface area contributed by atoms with Crippen LogP contribution in [-0.2, 0) is 9.63 Å². The minimum atomic E-state index is 0. The van der Waals surface area contributed by atoms with E-state index in [9.17, 15) is 4.79 Å². The van der Waals surface area contributed by atoms with Gasteiger partial charge in [0.05, 0.1) is 6.61 Å². The largest absolute Gasteiger partial charge is 0.301 e. The van der Waals surface area contributed by atoms with Crippen LogP contribution >= 0.6 is 12.4 Å². The van der Waals surface area contributed by atoms with Gasteiger partial charge in [-0.15, -0.1) is 12.4 Å². The fraction of sp³-hybridized carbons (Fsp3) is 0.800. The van der Waals surface area contributed by atoms with Crippen LogP contribution in [0.25, 0.3) is 0 Å². The van der Waals surface area contributed by atoms with Crippen molar-refractivity contribution in [1.82, 2.24) is 5.48 Å². The fourth-order valence-electron chi connectivity index (χ4n) is 0.625. The van der Waals surface area contributed by atoms with Gasteiger partial charge in [0.1, 0.15) is 5.78 Å². The van der Waals surface area contributed by atoms with Crippen LogP contribution in [0.3, 0.4) is 0 Å². The van der Waals surface area contributed by atoms with Crippen LogP contribution in [0, 0.1) is 0 Å². The lowest BCUT2D eigenvalue weighted by Gasteiger charge is -1.93. The SMILES string of the molecule is Cl.O=C1CCNOCC1. The summed E-state index contributed by atoms with van der Waals surface area (Å²) in [7, 11) is 0. The van der Waals surface area contributed by atoms with Gasteiger partial charge >= 0.3 is 0 Å². The van der Waals surface area contributed by atoms with E-state index < -0.39 is 0 Å². The van der Waals surface area contributed by atoms with Crippen LogP contribution in [0.1, 0.15) is 12.8 Å². The number of hydrogen-bond acceptors (Lipinski definition) is 3. The Morgan fingerprint density at radius 2 is 2.22 bits per heavy atom. The van der Waals surface area contributed by atoms with Gasteiger partial charge in [-0.2, -0.15) is 0 Å². The van der Waals surface area contributed by atoms with E-state index in [1.54, 1.807) is 0 Å². The van der Waals surface area contributed by atoms with E-state index in [0.29, 0.717) is 26.0 Å². The molecule has 54 valence electrons. The summed E-state index contributed by atoms with van der Waals surface area (Å²) in [5, 5.41) is 0. The molecule has 1 fully saturated rings. The summed E-state index contributed by atoms with van der Waals surface area (Å²) in [4.78, 5) is 15.4. The standard InChI is InChI=1S/C5H9NO2.ClH/c7-5-1-3-6-8-4-2-5;/h6H,1-4H2;1H. The predicted octanol–water partition coefficient (Wildman–Crippen LogP) is 0.292. The van der Waals surface area contributed by atoms with E-state index in [-0.39, 0.29) is 18.2 Å². The van der Waals surface area contributed by atoms with Crippen molar-refractivity contribution in [3.63, 3.8) is 0 Å². The van der Waals surface area contributed by atoms with E-state index in [4.69, 9.17) is 4.84 Å². The zero-order valence-corrected chi connectivity index (χ0v) is 5.87. The number of rotatable bonds is 0. The molecule has 9 heavy (non-hydrogen) atoms. The summed E-state index contributed by atoms with van der Waals surface area (Å²) in [5.41, 5.74) is 2.66. The Bertz CT molecular complexity index is 87.0. The molecule has 0 aromatic carbocycles. The Morgan fingerprint density at radius 1 is 1.44 bits per heavy atom. The monoisotopic (exact) mass is 151 g/mol. The Balaban J connectivity index is 0.000000640. The Morgan fingerprint density at radius 3 is 3.00 bits per heavy atom. The van der Waals surface area contributed by atoms with Gasteiger partial charge < -0.3 is 4.84 Å². The van der Waals surface area contributed by atoms with Crippen LogP contribution in [-0.4, -0.2) is 18.9 Å². The lowest BCUT2D eigenvalue weighted by atomic mass is 10.2. The first-order valence-corrected chi connectivity index (χ1v) is 2.76. The number of hydrogen-bond donors (Lipinski definition) is 1. The number of ketones is 1. The summed E-state index contributed by atoms with van der Waals surface area (Å²) in [6.45, 7) is 1.19. The highest BCUT2D eigenvalue weighted by Gasteiger charge is 2.04. The maximum atomic E-state index is 10.6. The molecular weight excluding hydrogens is 142 g/mol. The molecule has 3 nitrogen and oxygen atoms in total. The quantitative estimate of drug-likeness (QED) is 0.541. The van der Waals surface area contributed by atoms with Gasteiger partial charge in [-0.25, -0.2) is 5.48 Å². The number of Topliss-reactive ketones (excluding diaryl/α,β-unsaturated/α-hetero) is 1. The van der Waals surface area contributed by atoms with E-state index in [0.717, 1.165) is 0 Å². The minimum Gasteiger partial charge on any atom is -0.301 e. The summed E-state index contributed by atoms with van der Waals surface area (Å²) in [6.07, 6.45) is 1.17. The summed E-state index contributed by atoms with van der Waals surface area (Å²) in [5.74, 6) is 0.287. The molecule has 0 aromatic rings. The van der Waals surface area contributed by atoms with Crippen molar-refractivity contribution in [3.8, 4) is 0 Å².